The number of aliphatic hydroxyl groups excluding tert-OH is 1. The van der Waals surface area contributed by atoms with Gasteiger partial charge in [0.25, 0.3) is 0 Å². The van der Waals surface area contributed by atoms with Gasteiger partial charge in [-0.2, -0.15) is 0 Å². The molecule has 0 bridgehead atoms. The number of benzene rings is 2. The number of rotatable bonds is 14. The van der Waals surface area contributed by atoms with Crippen molar-refractivity contribution >= 4 is 5.97 Å². The van der Waals surface area contributed by atoms with E-state index < -0.39 is 18.2 Å². The zero-order valence-electron chi connectivity index (χ0n) is 17.7. The Labute approximate surface area is 182 Å². The maximum absolute atomic E-state index is 11.5. The first-order valence-electron chi connectivity index (χ1n) is 10.2. The second-order valence-corrected chi connectivity index (χ2v) is 7.02. The van der Waals surface area contributed by atoms with Crippen molar-refractivity contribution in [3.63, 3.8) is 0 Å². The summed E-state index contributed by atoms with van der Waals surface area (Å²) in [6, 6.07) is 18.4. The van der Waals surface area contributed by atoms with Crippen LogP contribution in [0.4, 0.5) is 0 Å². The first-order valence-corrected chi connectivity index (χ1v) is 10.2. The summed E-state index contributed by atoms with van der Waals surface area (Å²) < 4.78 is 17.0. The third-order valence-corrected chi connectivity index (χ3v) is 4.82. The normalized spacial score (nSPS) is 13.6. The standard InChI is InChI=1S/C23H29N3O5/c1-29-22(28)14-8-13-21(30-16-18-9-4-2-5-10-18)23(20(15-27)25-26-24)31-17-19-11-6-3-7-12-19/h2-7,9-12,20-21,23,27H,8,13-17H2,1H3/t20-,21+,23-/m0/s1. The van der Waals surface area contributed by atoms with Crippen LogP contribution in [0.25, 0.3) is 10.4 Å². The highest BCUT2D eigenvalue weighted by Gasteiger charge is 2.31. The van der Waals surface area contributed by atoms with Crippen LogP contribution in [0, 0.1) is 0 Å². The smallest absolute Gasteiger partial charge is 0.305 e. The SMILES string of the molecule is COC(=O)CCC[C@@H](OCc1ccccc1)[C@@H](OCc1ccccc1)[C@H](CO)N=[N+]=[N-]. The van der Waals surface area contributed by atoms with Crippen molar-refractivity contribution in [3.8, 4) is 0 Å². The van der Waals surface area contributed by atoms with Gasteiger partial charge in [0, 0.05) is 11.3 Å². The maximum Gasteiger partial charge on any atom is 0.305 e. The summed E-state index contributed by atoms with van der Waals surface area (Å²) in [4.78, 5) is 14.4. The lowest BCUT2D eigenvalue weighted by atomic mass is 10.0. The molecule has 0 aliphatic carbocycles. The molecule has 0 aromatic heterocycles. The van der Waals surface area contributed by atoms with Crippen LogP contribution in [0.15, 0.2) is 65.8 Å². The molecule has 2 rings (SSSR count). The Balaban J connectivity index is 2.17. The first-order chi connectivity index (χ1) is 15.2. The van der Waals surface area contributed by atoms with Crippen molar-refractivity contribution in [2.75, 3.05) is 13.7 Å². The van der Waals surface area contributed by atoms with Gasteiger partial charge in [-0.05, 0) is 29.5 Å². The maximum atomic E-state index is 11.5. The molecule has 8 heteroatoms. The third kappa shape index (κ3) is 8.78. The zero-order valence-corrected chi connectivity index (χ0v) is 17.7. The molecule has 0 aliphatic rings. The number of carbonyl (C=O) groups is 1. The summed E-state index contributed by atoms with van der Waals surface area (Å²) in [6.45, 7) is 0.209. The molecule has 0 spiro atoms. The van der Waals surface area contributed by atoms with Gasteiger partial charge in [0.2, 0.25) is 0 Å². The Kier molecular flexibility index (Phi) is 11.1. The Bertz CT molecular complexity index is 812. The minimum Gasteiger partial charge on any atom is -0.469 e. The van der Waals surface area contributed by atoms with Gasteiger partial charge in [-0.25, -0.2) is 0 Å². The number of aliphatic hydroxyl groups is 1. The Morgan fingerprint density at radius 3 is 2.13 bits per heavy atom. The predicted octanol–water partition coefficient (Wildman–Crippen LogP) is 4.17. The molecule has 1 N–H and O–H groups in total. The predicted molar refractivity (Wildman–Crippen MR) is 116 cm³/mol. The molecule has 0 radical (unpaired) electrons. The fourth-order valence-electron chi connectivity index (χ4n) is 3.17. The molecular weight excluding hydrogens is 398 g/mol. The quantitative estimate of drug-likeness (QED) is 0.210. The van der Waals surface area contributed by atoms with Gasteiger partial charge in [0.1, 0.15) is 0 Å². The second kappa shape index (κ2) is 14.2. The van der Waals surface area contributed by atoms with Crippen molar-refractivity contribution in [3.05, 3.63) is 82.2 Å². The molecule has 0 unspecified atom stereocenters. The van der Waals surface area contributed by atoms with E-state index in [1.54, 1.807) is 0 Å². The number of ether oxygens (including phenoxy) is 3. The van der Waals surface area contributed by atoms with Crippen LogP contribution in [0.3, 0.4) is 0 Å². The molecule has 0 heterocycles. The van der Waals surface area contributed by atoms with E-state index in [-0.39, 0.29) is 25.6 Å². The molecule has 2 aromatic carbocycles. The summed E-state index contributed by atoms with van der Waals surface area (Å²) in [7, 11) is 1.35. The largest absolute Gasteiger partial charge is 0.469 e. The lowest BCUT2D eigenvalue weighted by molar-refractivity contribution is -0.141. The zero-order chi connectivity index (χ0) is 22.3. The first kappa shape index (κ1) is 24.4. The summed E-state index contributed by atoms with van der Waals surface area (Å²) in [6.07, 6.45) is 0.0156. The van der Waals surface area contributed by atoms with E-state index in [9.17, 15) is 9.90 Å². The molecule has 2 aromatic rings. The average Bonchev–Trinajstić information content (AvgIpc) is 2.82. The molecule has 0 amide bonds. The lowest BCUT2D eigenvalue weighted by Crippen LogP contribution is -2.42. The molecular formula is C23H29N3O5. The topological polar surface area (TPSA) is 114 Å². The second-order valence-electron chi connectivity index (χ2n) is 7.02. The van der Waals surface area contributed by atoms with Crippen molar-refractivity contribution in [2.45, 2.75) is 50.7 Å². The molecule has 3 atom stereocenters. The Hall–Kier alpha value is -2.90. The summed E-state index contributed by atoms with van der Waals surface area (Å²) in [5, 5.41) is 13.6. The van der Waals surface area contributed by atoms with E-state index in [0.29, 0.717) is 19.4 Å². The number of nitrogens with zero attached hydrogens (tertiary/aromatic N) is 3. The van der Waals surface area contributed by atoms with E-state index >= 15 is 0 Å². The van der Waals surface area contributed by atoms with E-state index in [1.165, 1.54) is 7.11 Å². The lowest BCUT2D eigenvalue weighted by Gasteiger charge is -2.31. The monoisotopic (exact) mass is 427 g/mol. The van der Waals surface area contributed by atoms with Gasteiger partial charge in [-0.3, -0.25) is 4.79 Å². The van der Waals surface area contributed by atoms with Crippen LogP contribution in [-0.2, 0) is 32.2 Å². The van der Waals surface area contributed by atoms with Crippen LogP contribution < -0.4 is 0 Å². The van der Waals surface area contributed by atoms with Gasteiger partial charge in [-0.15, -0.1) is 0 Å². The van der Waals surface area contributed by atoms with Gasteiger partial charge in [0.15, 0.2) is 0 Å². The van der Waals surface area contributed by atoms with Crippen molar-refractivity contribution < 1.29 is 24.1 Å². The van der Waals surface area contributed by atoms with Gasteiger partial charge in [0.05, 0.1) is 45.2 Å². The number of hydrogen-bond acceptors (Lipinski definition) is 6. The minimum absolute atomic E-state index is 0.235. The van der Waals surface area contributed by atoms with Crippen LogP contribution >= 0.6 is 0 Å². The number of methoxy groups -OCH3 is 1. The fraction of sp³-hybridized carbons (Fsp3) is 0.435. The summed E-state index contributed by atoms with van der Waals surface area (Å²) in [5.74, 6) is -0.308. The highest BCUT2D eigenvalue weighted by atomic mass is 16.5. The molecule has 0 aliphatic heterocycles. The van der Waals surface area contributed by atoms with Crippen molar-refractivity contribution in [1.82, 2.24) is 0 Å². The average molecular weight is 428 g/mol. The third-order valence-electron chi connectivity index (χ3n) is 4.82. The summed E-state index contributed by atoms with van der Waals surface area (Å²) >= 11 is 0. The van der Waals surface area contributed by atoms with E-state index in [1.807, 2.05) is 60.7 Å². The van der Waals surface area contributed by atoms with Crippen LogP contribution in [-0.4, -0.2) is 43.0 Å². The molecule has 0 saturated heterocycles. The minimum atomic E-state index is -0.826. The van der Waals surface area contributed by atoms with Crippen molar-refractivity contribution in [2.24, 2.45) is 5.11 Å². The van der Waals surface area contributed by atoms with Crippen LogP contribution in [0.5, 0.6) is 0 Å². The number of carbonyl (C=O) groups excluding carboxylic acids is 1. The Morgan fingerprint density at radius 2 is 1.61 bits per heavy atom. The van der Waals surface area contributed by atoms with E-state index in [4.69, 9.17) is 19.7 Å². The fourth-order valence-corrected chi connectivity index (χ4v) is 3.17. The van der Waals surface area contributed by atoms with E-state index in [2.05, 4.69) is 10.0 Å². The highest BCUT2D eigenvalue weighted by Crippen LogP contribution is 2.21. The molecule has 8 nitrogen and oxygen atoms in total. The van der Waals surface area contributed by atoms with Gasteiger partial charge >= 0.3 is 5.97 Å². The van der Waals surface area contributed by atoms with Gasteiger partial charge in [-0.1, -0.05) is 65.8 Å². The molecule has 31 heavy (non-hydrogen) atoms. The Morgan fingerprint density at radius 1 is 1.03 bits per heavy atom. The highest BCUT2D eigenvalue weighted by molar-refractivity contribution is 5.68. The van der Waals surface area contributed by atoms with E-state index in [0.717, 1.165) is 11.1 Å². The van der Waals surface area contributed by atoms with Gasteiger partial charge < -0.3 is 19.3 Å². The molecule has 0 saturated carbocycles. The van der Waals surface area contributed by atoms with Crippen molar-refractivity contribution in [1.29, 1.82) is 0 Å². The number of esters is 1. The molecule has 0 fully saturated rings. The summed E-state index contributed by atoms with van der Waals surface area (Å²) in [5.41, 5.74) is 10.9. The molecule has 166 valence electrons. The number of hydrogen-bond donors (Lipinski definition) is 1. The number of azide groups is 1. The van der Waals surface area contributed by atoms with Crippen LogP contribution in [0.2, 0.25) is 0 Å². The van der Waals surface area contributed by atoms with Crippen LogP contribution in [0.1, 0.15) is 30.4 Å².